The lowest BCUT2D eigenvalue weighted by Gasteiger charge is -2.29. The molecule has 0 aromatic rings. The van der Waals surface area contributed by atoms with Crippen LogP contribution in [0, 0.1) is 17.8 Å². The van der Waals surface area contributed by atoms with Crippen molar-refractivity contribution in [3.8, 4) is 0 Å². The monoisotopic (exact) mass is 254 g/mol. The Labute approximate surface area is 111 Å². The van der Waals surface area contributed by atoms with E-state index in [1.54, 1.807) is 32.1 Å². The molecule has 17 heavy (non-hydrogen) atoms. The second kappa shape index (κ2) is 7.78. The lowest BCUT2D eigenvalue weighted by molar-refractivity contribution is 0.210. The summed E-state index contributed by atoms with van der Waals surface area (Å²) in [5, 5.41) is 0. The Balaban J connectivity index is 1.78. The maximum Gasteiger partial charge on any atom is -0.0357 e. The average molecular weight is 254 g/mol. The first-order chi connectivity index (χ1) is 8.42. The molecular weight excluding hydrogens is 223 g/mol. The van der Waals surface area contributed by atoms with Gasteiger partial charge in [0, 0.05) is 0 Å². The van der Waals surface area contributed by atoms with Gasteiger partial charge in [0.25, 0.3) is 0 Å². The summed E-state index contributed by atoms with van der Waals surface area (Å²) >= 11 is 0. The summed E-state index contributed by atoms with van der Waals surface area (Å²) in [4.78, 5) is 0. The zero-order chi connectivity index (χ0) is 11.9. The maximum atomic E-state index is 2.87. The lowest BCUT2D eigenvalue weighted by Crippen LogP contribution is -2.20. The number of hydrogen-bond donors (Lipinski definition) is 0. The molecule has 0 aromatic carbocycles. The van der Waals surface area contributed by atoms with Crippen LogP contribution in [0.3, 0.4) is 0 Å². The molecule has 0 radical (unpaired) electrons. The predicted molar refractivity (Wildman–Crippen MR) is 80.5 cm³/mol. The van der Waals surface area contributed by atoms with Gasteiger partial charge < -0.3 is 0 Å². The van der Waals surface area contributed by atoms with Crippen molar-refractivity contribution in [1.29, 1.82) is 0 Å². The molecule has 1 unspecified atom stereocenters. The van der Waals surface area contributed by atoms with E-state index < -0.39 is 0 Å². The van der Waals surface area contributed by atoms with Crippen molar-refractivity contribution >= 4 is 9.24 Å². The van der Waals surface area contributed by atoms with Gasteiger partial charge >= 0.3 is 0 Å². The molecule has 2 rings (SSSR count). The largest absolute Gasteiger partial charge is 0.138 e. The first kappa shape index (κ1) is 13.9. The van der Waals surface area contributed by atoms with Gasteiger partial charge in [-0.2, -0.15) is 0 Å². The van der Waals surface area contributed by atoms with E-state index in [0.717, 1.165) is 17.8 Å². The van der Waals surface area contributed by atoms with E-state index in [0.29, 0.717) is 0 Å². The summed E-state index contributed by atoms with van der Waals surface area (Å²) in [6.07, 6.45) is 19.6. The van der Waals surface area contributed by atoms with Crippen LogP contribution in [-0.4, -0.2) is 6.16 Å². The second-order valence-corrected chi connectivity index (χ2v) is 6.97. The molecular formula is C16H31P. The highest BCUT2D eigenvalue weighted by Gasteiger charge is 2.32. The summed E-state index contributed by atoms with van der Waals surface area (Å²) in [5.74, 6) is 3.35. The minimum atomic E-state index is 1.12. The minimum absolute atomic E-state index is 1.12. The first-order valence-electron chi connectivity index (χ1n) is 8.12. The van der Waals surface area contributed by atoms with Crippen LogP contribution in [0.25, 0.3) is 0 Å². The van der Waals surface area contributed by atoms with Gasteiger partial charge in [-0.1, -0.05) is 64.2 Å². The molecule has 2 aliphatic carbocycles. The van der Waals surface area contributed by atoms with E-state index >= 15 is 0 Å². The van der Waals surface area contributed by atoms with Crippen LogP contribution in [0.2, 0.25) is 0 Å². The third kappa shape index (κ3) is 4.23. The molecule has 0 N–H and O–H groups in total. The molecule has 0 heterocycles. The molecule has 0 aromatic heterocycles. The van der Waals surface area contributed by atoms with Gasteiger partial charge in [0.1, 0.15) is 0 Å². The summed E-state index contributed by atoms with van der Waals surface area (Å²) in [5.41, 5.74) is 0. The van der Waals surface area contributed by atoms with Gasteiger partial charge in [-0.15, -0.1) is 9.24 Å². The standard InChI is InChI=1S/C16H31P/c17-13-7-1-2-12-16(14-8-3-4-9-14)15-10-5-6-11-15/h14-16H,1-13,17H2. The van der Waals surface area contributed by atoms with Crippen molar-refractivity contribution in [2.45, 2.75) is 77.0 Å². The fourth-order valence-electron chi connectivity index (χ4n) is 4.33. The summed E-state index contributed by atoms with van der Waals surface area (Å²) in [6.45, 7) is 0. The van der Waals surface area contributed by atoms with Crippen LogP contribution in [0.5, 0.6) is 0 Å². The number of hydrogen-bond acceptors (Lipinski definition) is 0. The third-order valence-electron chi connectivity index (χ3n) is 5.25. The van der Waals surface area contributed by atoms with Crippen molar-refractivity contribution in [3.63, 3.8) is 0 Å². The molecule has 0 amide bonds. The molecule has 0 saturated heterocycles. The Kier molecular flexibility index (Phi) is 6.34. The highest BCUT2D eigenvalue weighted by atomic mass is 31.0. The molecule has 2 aliphatic rings. The maximum absolute atomic E-state index is 2.87. The molecule has 0 bridgehead atoms. The molecule has 2 saturated carbocycles. The van der Waals surface area contributed by atoms with E-state index in [1.807, 2.05) is 0 Å². The highest BCUT2D eigenvalue weighted by Crippen LogP contribution is 2.43. The molecule has 2 fully saturated rings. The van der Waals surface area contributed by atoms with Crippen molar-refractivity contribution in [3.05, 3.63) is 0 Å². The molecule has 0 nitrogen and oxygen atoms in total. The minimum Gasteiger partial charge on any atom is -0.138 e. The van der Waals surface area contributed by atoms with Gasteiger partial charge in [0.2, 0.25) is 0 Å². The Morgan fingerprint density at radius 2 is 1.29 bits per heavy atom. The summed E-state index contributed by atoms with van der Waals surface area (Å²) in [7, 11) is 2.87. The molecule has 1 heteroatoms. The Morgan fingerprint density at radius 3 is 1.76 bits per heavy atom. The van der Waals surface area contributed by atoms with Crippen LogP contribution in [0.1, 0.15) is 77.0 Å². The highest BCUT2D eigenvalue weighted by molar-refractivity contribution is 7.16. The quantitative estimate of drug-likeness (QED) is 0.420. The van der Waals surface area contributed by atoms with Crippen LogP contribution in [-0.2, 0) is 0 Å². The smallest absolute Gasteiger partial charge is 0.0357 e. The van der Waals surface area contributed by atoms with E-state index in [9.17, 15) is 0 Å². The van der Waals surface area contributed by atoms with Crippen molar-refractivity contribution in [2.24, 2.45) is 17.8 Å². The Hall–Kier alpha value is 0.430. The van der Waals surface area contributed by atoms with Crippen molar-refractivity contribution in [1.82, 2.24) is 0 Å². The first-order valence-corrected chi connectivity index (χ1v) is 8.93. The SMILES string of the molecule is PCCCCCC(C1CCCC1)C1CCCC1. The zero-order valence-corrected chi connectivity index (χ0v) is 12.7. The van der Waals surface area contributed by atoms with Gasteiger partial charge in [0.15, 0.2) is 0 Å². The lowest BCUT2D eigenvalue weighted by atomic mass is 9.76. The van der Waals surface area contributed by atoms with Crippen molar-refractivity contribution in [2.75, 3.05) is 6.16 Å². The molecule has 1 atom stereocenters. The predicted octanol–water partition coefficient (Wildman–Crippen LogP) is 5.42. The number of rotatable bonds is 7. The molecule has 0 aliphatic heterocycles. The zero-order valence-electron chi connectivity index (χ0n) is 11.5. The van der Waals surface area contributed by atoms with E-state index in [4.69, 9.17) is 0 Å². The van der Waals surface area contributed by atoms with Crippen LogP contribution < -0.4 is 0 Å². The third-order valence-corrected chi connectivity index (χ3v) is 5.66. The van der Waals surface area contributed by atoms with Crippen molar-refractivity contribution < 1.29 is 0 Å². The summed E-state index contributed by atoms with van der Waals surface area (Å²) in [6, 6.07) is 0. The normalized spacial score (nSPS) is 22.9. The van der Waals surface area contributed by atoms with Gasteiger partial charge in [-0.25, -0.2) is 0 Å². The van der Waals surface area contributed by atoms with Crippen LogP contribution >= 0.6 is 9.24 Å². The second-order valence-electron chi connectivity index (χ2n) is 6.39. The van der Waals surface area contributed by atoms with Gasteiger partial charge in [-0.05, 0) is 36.8 Å². The average Bonchev–Trinajstić information content (AvgIpc) is 3.02. The van der Waals surface area contributed by atoms with Gasteiger partial charge in [-0.3, -0.25) is 0 Å². The van der Waals surface area contributed by atoms with E-state index in [-0.39, 0.29) is 0 Å². The molecule has 0 spiro atoms. The fourth-order valence-corrected chi connectivity index (χ4v) is 4.62. The van der Waals surface area contributed by atoms with Gasteiger partial charge in [0.05, 0.1) is 0 Å². The summed E-state index contributed by atoms with van der Waals surface area (Å²) < 4.78 is 0. The fraction of sp³-hybridized carbons (Fsp3) is 1.00. The van der Waals surface area contributed by atoms with Crippen LogP contribution in [0.4, 0.5) is 0 Å². The molecule has 100 valence electrons. The van der Waals surface area contributed by atoms with E-state index in [2.05, 4.69) is 9.24 Å². The number of unbranched alkanes of at least 4 members (excludes halogenated alkanes) is 2. The topological polar surface area (TPSA) is 0 Å². The Morgan fingerprint density at radius 1 is 0.765 bits per heavy atom. The van der Waals surface area contributed by atoms with E-state index in [1.165, 1.54) is 51.1 Å². The Bertz CT molecular complexity index is 174. The van der Waals surface area contributed by atoms with Crippen LogP contribution in [0.15, 0.2) is 0 Å².